The number of aliphatic carboxylic acids is 1. The zero-order chi connectivity index (χ0) is 15.9. The number of pyridine rings is 1. The number of H-pyrrole nitrogens is 1. The fourth-order valence-corrected chi connectivity index (χ4v) is 3.29. The lowest BCUT2D eigenvalue weighted by Gasteiger charge is -2.35. The number of anilines is 1. The molecule has 0 radical (unpaired) electrons. The number of hydrogen-bond donors (Lipinski definition) is 2. The van der Waals surface area contributed by atoms with Crippen LogP contribution in [-0.2, 0) is 4.79 Å². The number of piperidine rings is 1. The number of nitriles is 1. The van der Waals surface area contributed by atoms with Gasteiger partial charge in [-0.3, -0.25) is 4.79 Å². The summed E-state index contributed by atoms with van der Waals surface area (Å²) >= 11 is 5.19. The molecule has 22 heavy (non-hydrogen) atoms. The number of unbranched alkanes of at least 4 members (excludes halogenated alkanes) is 1. The van der Waals surface area contributed by atoms with E-state index >= 15 is 0 Å². The van der Waals surface area contributed by atoms with Gasteiger partial charge in [-0.25, -0.2) is 0 Å². The third-order valence-corrected chi connectivity index (χ3v) is 4.49. The van der Waals surface area contributed by atoms with E-state index < -0.39 is 5.97 Å². The lowest BCUT2D eigenvalue weighted by Crippen LogP contribution is -2.36. The van der Waals surface area contributed by atoms with Crippen molar-refractivity contribution in [2.45, 2.75) is 38.5 Å². The highest BCUT2D eigenvalue weighted by Crippen LogP contribution is 2.28. The molecule has 0 aliphatic carbocycles. The summed E-state index contributed by atoms with van der Waals surface area (Å²) in [6, 6.07) is 4.12. The van der Waals surface area contributed by atoms with E-state index in [1.54, 1.807) is 6.20 Å². The molecule has 0 spiro atoms. The fourth-order valence-electron chi connectivity index (χ4n) is 3.07. The second-order valence-corrected chi connectivity index (χ2v) is 6.18. The molecule has 2 N–H and O–H groups in total. The Morgan fingerprint density at radius 3 is 3.09 bits per heavy atom. The molecule has 1 saturated heterocycles. The number of carboxylic acids is 1. The van der Waals surface area contributed by atoms with Gasteiger partial charge in [0.25, 0.3) is 0 Å². The van der Waals surface area contributed by atoms with Crippen molar-refractivity contribution in [2.75, 3.05) is 18.0 Å². The number of carboxylic acid groups (broad SMARTS) is 1. The standard InChI is InChI=1S/C16H21N3O2S/c17-10-13-14(7-8-18-16(13)22)19-9-3-5-12(11-19)4-1-2-6-15(20)21/h7-8,12H,1-6,9,11H2,(H,18,22)(H,20,21). The van der Waals surface area contributed by atoms with Crippen LogP contribution in [-0.4, -0.2) is 29.1 Å². The van der Waals surface area contributed by atoms with Crippen molar-refractivity contribution in [1.82, 2.24) is 4.98 Å². The Bertz CT molecular complexity index is 621. The average molecular weight is 319 g/mol. The summed E-state index contributed by atoms with van der Waals surface area (Å²) < 4.78 is 0.489. The molecule has 0 aromatic carbocycles. The van der Waals surface area contributed by atoms with Crippen molar-refractivity contribution in [3.05, 3.63) is 22.5 Å². The molecule has 1 fully saturated rings. The number of nitrogens with one attached hydrogen (secondary N) is 1. The van der Waals surface area contributed by atoms with E-state index in [2.05, 4.69) is 16.0 Å². The number of hydrogen-bond acceptors (Lipinski definition) is 4. The van der Waals surface area contributed by atoms with E-state index in [9.17, 15) is 10.1 Å². The smallest absolute Gasteiger partial charge is 0.303 e. The number of aromatic amines is 1. The van der Waals surface area contributed by atoms with Crippen LogP contribution < -0.4 is 4.90 Å². The summed E-state index contributed by atoms with van der Waals surface area (Å²) in [6.45, 7) is 1.86. The van der Waals surface area contributed by atoms with Crippen molar-refractivity contribution in [1.29, 1.82) is 5.26 Å². The van der Waals surface area contributed by atoms with Crippen LogP contribution in [0.3, 0.4) is 0 Å². The molecule has 1 aromatic heterocycles. The van der Waals surface area contributed by atoms with Gasteiger partial charge in [0.15, 0.2) is 0 Å². The van der Waals surface area contributed by atoms with Gasteiger partial charge in [0.2, 0.25) is 0 Å². The van der Waals surface area contributed by atoms with E-state index in [0.717, 1.165) is 44.5 Å². The molecular weight excluding hydrogens is 298 g/mol. The van der Waals surface area contributed by atoms with E-state index in [4.69, 9.17) is 17.3 Å². The summed E-state index contributed by atoms with van der Waals surface area (Å²) in [4.78, 5) is 15.7. The number of nitrogens with zero attached hydrogens (tertiary/aromatic N) is 2. The molecule has 118 valence electrons. The monoisotopic (exact) mass is 319 g/mol. The van der Waals surface area contributed by atoms with Crippen LogP contribution in [0.25, 0.3) is 0 Å². The van der Waals surface area contributed by atoms with Crippen molar-refractivity contribution in [3.63, 3.8) is 0 Å². The first-order valence-corrected chi connectivity index (χ1v) is 8.11. The van der Waals surface area contributed by atoms with E-state index in [0.29, 0.717) is 16.1 Å². The van der Waals surface area contributed by atoms with Crippen LogP contribution >= 0.6 is 12.2 Å². The van der Waals surface area contributed by atoms with Gasteiger partial charge in [0, 0.05) is 25.7 Å². The first-order valence-electron chi connectivity index (χ1n) is 7.70. The van der Waals surface area contributed by atoms with Crippen molar-refractivity contribution in [3.8, 4) is 6.07 Å². The Hall–Kier alpha value is -1.87. The molecule has 0 amide bonds. The van der Waals surface area contributed by atoms with Crippen LogP contribution in [0.4, 0.5) is 5.69 Å². The summed E-state index contributed by atoms with van der Waals surface area (Å²) in [6.07, 6.45) is 7.05. The van der Waals surface area contributed by atoms with Gasteiger partial charge < -0.3 is 15.0 Å². The van der Waals surface area contributed by atoms with Crippen LogP contribution in [0.15, 0.2) is 12.3 Å². The number of carbonyl (C=O) groups is 1. The van der Waals surface area contributed by atoms with Gasteiger partial charge in [-0.05, 0) is 37.7 Å². The SMILES string of the molecule is N#Cc1c(N2CCCC(CCCCC(=O)O)C2)cc[nH]c1=S. The van der Waals surface area contributed by atoms with Crippen LogP contribution in [0, 0.1) is 21.9 Å². The summed E-state index contributed by atoms with van der Waals surface area (Å²) in [5, 5.41) is 18.0. The first kappa shape index (κ1) is 16.5. The van der Waals surface area contributed by atoms with E-state index in [1.165, 1.54) is 6.42 Å². The second-order valence-electron chi connectivity index (χ2n) is 5.77. The molecule has 1 unspecified atom stereocenters. The largest absolute Gasteiger partial charge is 0.481 e. The quantitative estimate of drug-likeness (QED) is 0.620. The molecule has 1 atom stereocenters. The molecule has 1 aliphatic rings. The van der Waals surface area contributed by atoms with Crippen LogP contribution in [0.1, 0.15) is 44.1 Å². The first-order chi connectivity index (χ1) is 10.6. The van der Waals surface area contributed by atoms with E-state index in [-0.39, 0.29) is 6.42 Å². The average Bonchev–Trinajstić information content (AvgIpc) is 2.51. The third-order valence-electron chi connectivity index (χ3n) is 4.16. The fraction of sp³-hybridized carbons (Fsp3) is 0.562. The molecule has 6 heteroatoms. The van der Waals surface area contributed by atoms with Crippen LogP contribution in [0.2, 0.25) is 0 Å². The van der Waals surface area contributed by atoms with Crippen LogP contribution in [0.5, 0.6) is 0 Å². The van der Waals surface area contributed by atoms with Gasteiger partial charge in [-0.2, -0.15) is 5.26 Å². The predicted molar refractivity (Wildman–Crippen MR) is 87.4 cm³/mol. The van der Waals surface area contributed by atoms with Gasteiger partial charge in [-0.15, -0.1) is 0 Å². The summed E-state index contributed by atoms with van der Waals surface area (Å²) in [7, 11) is 0. The minimum absolute atomic E-state index is 0.253. The second kappa shape index (κ2) is 7.95. The molecule has 0 bridgehead atoms. The van der Waals surface area contributed by atoms with Gasteiger partial charge in [-0.1, -0.05) is 18.6 Å². The van der Waals surface area contributed by atoms with Gasteiger partial charge >= 0.3 is 5.97 Å². The minimum Gasteiger partial charge on any atom is -0.481 e. The highest BCUT2D eigenvalue weighted by atomic mass is 32.1. The Morgan fingerprint density at radius 2 is 2.36 bits per heavy atom. The molecule has 5 nitrogen and oxygen atoms in total. The van der Waals surface area contributed by atoms with Crippen molar-refractivity contribution in [2.24, 2.45) is 5.92 Å². The molecule has 2 rings (SSSR count). The Labute approximate surface area is 135 Å². The molecular formula is C16H21N3O2S. The van der Waals surface area contributed by atoms with Gasteiger partial charge in [0.1, 0.15) is 16.3 Å². The minimum atomic E-state index is -0.720. The predicted octanol–water partition coefficient (Wildman–Crippen LogP) is 3.48. The zero-order valence-electron chi connectivity index (χ0n) is 12.5. The molecule has 2 heterocycles. The van der Waals surface area contributed by atoms with Gasteiger partial charge in [0.05, 0.1) is 5.69 Å². The number of aromatic nitrogens is 1. The highest BCUT2D eigenvalue weighted by molar-refractivity contribution is 7.71. The lowest BCUT2D eigenvalue weighted by molar-refractivity contribution is -0.137. The zero-order valence-corrected chi connectivity index (χ0v) is 13.4. The summed E-state index contributed by atoms with van der Waals surface area (Å²) in [5.41, 5.74) is 1.46. The molecule has 0 saturated carbocycles. The third kappa shape index (κ3) is 4.31. The molecule has 1 aliphatic heterocycles. The number of rotatable bonds is 6. The Balaban J connectivity index is 1.96. The highest BCUT2D eigenvalue weighted by Gasteiger charge is 2.22. The maximum Gasteiger partial charge on any atom is 0.303 e. The molecule has 1 aromatic rings. The lowest BCUT2D eigenvalue weighted by atomic mass is 9.92. The maximum absolute atomic E-state index is 10.5. The Kier molecular flexibility index (Phi) is 5.96. The van der Waals surface area contributed by atoms with Crippen molar-refractivity contribution < 1.29 is 9.90 Å². The summed E-state index contributed by atoms with van der Waals surface area (Å²) in [5.74, 6) is -0.158. The normalized spacial score (nSPS) is 18.0. The topological polar surface area (TPSA) is 80.1 Å². The van der Waals surface area contributed by atoms with E-state index in [1.807, 2.05) is 6.07 Å². The van der Waals surface area contributed by atoms with Crippen molar-refractivity contribution >= 4 is 23.9 Å². The Morgan fingerprint density at radius 1 is 1.55 bits per heavy atom. The maximum atomic E-state index is 10.5.